The zero-order valence-electron chi connectivity index (χ0n) is 17.5. The highest BCUT2D eigenvalue weighted by Crippen LogP contribution is 2.26. The van der Waals surface area contributed by atoms with Gasteiger partial charge in [-0.2, -0.15) is 5.10 Å². The minimum atomic E-state index is -0.144. The van der Waals surface area contributed by atoms with Crippen molar-refractivity contribution < 1.29 is 4.79 Å². The Morgan fingerprint density at radius 3 is 2.71 bits per heavy atom. The minimum Gasteiger partial charge on any atom is -0.310 e. The molecule has 0 aliphatic carbocycles. The van der Waals surface area contributed by atoms with E-state index in [0.29, 0.717) is 22.2 Å². The number of nitrogens with one attached hydrogen (secondary N) is 1. The number of para-hydroxylation sites is 1. The summed E-state index contributed by atoms with van der Waals surface area (Å²) in [5.74, 6) is 1.24. The number of amides is 1. The number of anilines is 1. The monoisotopic (exact) mass is 453 g/mol. The van der Waals surface area contributed by atoms with Crippen molar-refractivity contribution in [2.75, 3.05) is 11.1 Å². The molecule has 160 valence electrons. The average Bonchev–Trinajstić information content (AvgIpc) is 3.36. The van der Waals surface area contributed by atoms with Gasteiger partial charge in [-0.05, 0) is 12.1 Å². The molecule has 0 bridgehead atoms. The standard InChI is InChI=1S/C22H23N5O2S2/c1-22(2,3)17-12-18(27(25-17)16-7-5-4-6-8-16)24-19(28)14-30-13-15-11-20(29)26-9-10-31-21(26)23-15/h4-12H,13-14H2,1-3H3,(H,24,28). The molecule has 31 heavy (non-hydrogen) atoms. The summed E-state index contributed by atoms with van der Waals surface area (Å²) >= 11 is 2.83. The number of thioether (sulfide) groups is 1. The van der Waals surface area contributed by atoms with E-state index in [0.717, 1.165) is 11.4 Å². The van der Waals surface area contributed by atoms with Crippen LogP contribution in [0, 0.1) is 0 Å². The molecule has 0 unspecified atom stereocenters. The number of fused-ring (bicyclic) bond motifs is 1. The van der Waals surface area contributed by atoms with Crippen LogP contribution in [0.3, 0.4) is 0 Å². The molecule has 0 aliphatic heterocycles. The molecule has 1 N–H and O–H groups in total. The Morgan fingerprint density at radius 1 is 1.19 bits per heavy atom. The molecule has 0 spiro atoms. The van der Waals surface area contributed by atoms with Gasteiger partial charge in [0.15, 0.2) is 4.96 Å². The Labute approximate surface area is 188 Å². The summed E-state index contributed by atoms with van der Waals surface area (Å²) in [4.78, 5) is 29.8. The molecule has 4 aromatic rings. The number of rotatable bonds is 6. The second kappa shape index (κ2) is 8.68. The zero-order valence-corrected chi connectivity index (χ0v) is 19.2. The van der Waals surface area contributed by atoms with Crippen LogP contribution in [0.4, 0.5) is 5.82 Å². The fraction of sp³-hybridized carbons (Fsp3) is 0.273. The first-order valence-corrected chi connectivity index (χ1v) is 11.8. The normalized spacial score (nSPS) is 11.7. The Morgan fingerprint density at radius 2 is 1.97 bits per heavy atom. The molecule has 1 aromatic carbocycles. The molecule has 0 atom stereocenters. The van der Waals surface area contributed by atoms with Crippen LogP contribution in [0.1, 0.15) is 32.2 Å². The highest BCUT2D eigenvalue weighted by atomic mass is 32.2. The number of nitrogens with zero attached hydrogens (tertiary/aromatic N) is 4. The van der Waals surface area contributed by atoms with Gasteiger partial charge in [0.1, 0.15) is 5.82 Å². The first-order chi connectivity index (χ1) is 14.8. The number of aromatic nitrogens is 4. The molecule has 4 rings (SSSR count). The van der Waals surface area contributed by atoms with E-state index in [1.165, 1.54) is 33.6 Å². The lowest BCUT2D eigenvalue weighted by Gasteiger charge is -2.14. The fourth-order valence-electron chi connectivity index (χ4n) is 2.99. The lowest BCUT2D eigenvalue weighted by Crippen LogP contribution is -2.17. The van der Waals surface area contributed by atoms with Gasteiger partial charge in [0, 0.05) is 34.9 Å². The Bertz CT molecular complexity index is 1270. The highest BCUT2D eigenvalue weighted by molar-refractivity contribution is 7.99. The van der Waals surface area contributed by atoms with Gasteiger partial charge in [0.25, 0.3) is 5.56 Å². The second-order valence-corrected chi connectivity index (χ2v) is 9.95. The van der Waals surface area contributed by atoms with Gasteiger partial charge in [0.05, 0.1) is 22.8 Å². The summed E-state index contributed by atoms with van der Waals surface area (Å²) in [6, 6.07) is 13.2. The molecule has 0 radical (unpaired) electrons. The summed E-state index contributed by atoms with van der Waals surface area (Å²) in [5, 5.41) is 9.53. The molecule has 3 aromatic heterocycles. The molecule has 0 aliphatic rings. The number of hydrogen-bond donors (Lipinski definition) is 1. The van der Waals surface area contributed by atoms with Crippen molar-refractivity contribution in [2.45, 2.75) is 31.9 Å². The van der Waals surface area contributed by atoms with Crippen molar-refractivity contribution >= 4 is 39.8 Å². The van der Waals surface area contributed by atoms with Crippen LogP contribution in [0.5, 0.6) is 0 Å². The maximum atomic E-state index is 12.6. The van der Waals surface area contributed by atoms with E-state index in [2.05, 4.69) is 31.1 Å². The molecule has 1 amide bonds. The third-order valence-corrected chi connectivity index (χ3v) is 6.31. The molecule has 0 saturated carbocycles. The Hall–Kier alpha value is -2.91. The van der Waals surface area contributed by atoms with E-state index in [4.69, 9.17) is 5.10 Å². The summed E-state index contributed by atoms with van der Waals surface area (Å²) in [6.45, 7) is 6.27. The van der Waals surface area contributed by atoms with Gasteiger partial charge in [-0.15, -0.1) is 23.1 Å². The maximum absolute atomic E-state index is 12.6. The molecular weight excluding hydrogens is 430 g/mol. The molecule has 0 saturated heterocycles. The van der Waals surface area contributed by atoms with Crippen LogP contribution >= 0.6 is 23.1 Å². The molecule has 0 fully saturated rings. The zero-order chi connectivity index (χ0) is 22.0. The van der Waals surface area contributed by atoms with Crippen LogP contribution in [0.2, 0.25) is 0 Å². The van der Waals surface area contributed by atoms with E-state index < -0.39 is 0 Å². The quantitative estimate of drug-likeness (QED) is 0.475. The summed E-state index contributed by atoms with van der Waals surface area (Å²) in [7, 11) is 0. The number of thiazole rings is 1. The van der Waals surface area contributed by atoms with E-state index in [9.17, 15) is 9.59 Å². The molecule has 3 heterocycles. The van der Waals surface area contributed by atoms with Crippen LogP contribution in [-0.4, -0.2) is 30.8 Å². The lowest BCUT2D eigenvalue weighted by molar-refractivity contribution is -0.113. The van der Waals surface area contributed by atoms with E-state index >= 15 is 0 Å². The van der Waals surface area contributed by atoms with E-state index in [1.807, 2.05) is 41.8 Å². The number of carbonyl (C=O) groups excluding carboxylic acids is 1. The van der Waals surface area contributed by atoms with Gasteiger partial charge in [-0.3, -0.25) is 14.0 Å². The highest BCUT2D eigenvalue weighted by Gasteiger charge is 2.21. The maximum Gasteiger partial charge on any atom is 0.258 e. The smallest absolute Gasteiger partial charge is 0.258 e. The van der Waals surface area contributed by atoms with Crippen molar-refractivity contribution in [1.29, 1.82) is 0 Å². The average molecular weight is 454 g/mol. The number of carbonyl (C=O) groups is 1. The fourth-order valence-corrected chi connectivity index (χ4v) is 4.45. The Balaban J connectivity index is 1.45. The third kappa shape index (κ3) is 4.88. The summed E-state index contributed by atoms with van der Waals surface area (Å²) < 4.78 is 3.28. The van der Waals surface area contributed by atoms with Gasteiger partial charge >= 0.3 is 0 Å². The first-order valence-electron chi connectivity index (χ1n) is 9.80. The van der Waals surface area contributed by atoms with Crippen LogP contribution < -0.4 is 10.9 Å². The lowest BCUT2D eigenvalue weighted by atomic mass is 9.92. The van der Waals surface area contributed by atoms with Gasteiger partial charge in [-0.1, -0.05) is 39.0 Å². The Kier molecular flexibility index (Phi) is 5.97. The summed E-state index contributed by atoms with van der Waals surface area (Å²) in [5.41, 5.74) is 2.21. The first kappa shape index (κ1) is 21.3. The third-order valence-electron chi connectivity index (χ3n) is 4.59. The topological polar surface area (TPSA) is 81.3 Å². The van der Waals surface area contributed by atoms with Crippen LogP contribution in [0.25, 0.3) is 10.6 Å². The van der Waals surface area contributed by atoms with Crippen molar-refractivity contribution in [2.24, 2.45) is 0 Å². The van der Waals surface area contributed by atoms with Crippen molar-refractivity contribution in [3.05, 3.63) is 75.8 Å². The second-order valence-electron chi connectivity index (χ2n) is 8.09. The van der Waals surface area contributed by atoms with Crippen LogP contribution in [-0.2, 0) is 16.0 Å². The summed E-state index contributed by atoms with van der Waals surface area (Å²) in [6.07, 6.45) is 1.71. The van der Waals surface area contributed by atoms with E-state index in [1.54, 1.807) is 10.9 Å². The molecular formula is C22H23N5O2S2. The molecule has 7 nitrogen and oxygen atoms in total. The number of hydrogen-bond acceptors (Lipinski definition) is 6. The molecule has 9 heteroatoms. The van der Waals surface area contributed by atoms with Gasteiger partial charge in [-0.25, -0.2) is 9.67 Å². The van der Waals surface area contributed by atoms with Gasteiger partial charge in [0.2, 0.25) is 5.91 Å². The minimum absolute atomic E-state index is 0.104. The largest absolute Gasteiger partial charge is 0.310 e. The van der Waals surface area contributed by atoms with Crippen molar-refractivity contribution in [3.8, 4) is 5.69 Å². The number of benzene rings is 1. The SMILES string of the molecule is CC(C)(C)c1cc(NC(=O)CSCc2cc(=O)n3ccsc3n2)n(-c2ccccc2)n1. The van der Waals surface area contributed by atoms with Gasteiger partial charge < -0.3 is 5.32 Å². The predicted octanol–water partition coefficient (Wildman–Crippen LogP) is 4.11. The van der Waals surface area contributed by atoms with Crippen LogP contribution in [0.15, 0.2) is 58.8 Å². The van der Waals surface area contributed by atoms with Crippen molar-refractivity contribution in [1.82, 2.24) is 19.2 Å². The van der Waals surface area contributed by atoms with Crippen molar-refractivity contribution in [3.63, 3.8) is 0 Å². The van der Waals surface area contributed by atoms with E-state index in [-0.39, 0.29) is 22.6 Å². The predicted molar refractivity (Wildman–Crippen MR) is 126 cm³/mol.